The van der Waals surface area contributed by atoms with Gasteiger partial charge in [0.25, 0.3) is 0 Å². The zero-order chi connectivity index (χ0) is 11.4. The molecule has 0 aliphatic carbocycles. The molecular formula is C12H16O4. The quantitative estimate of drug-likeness (QED) is 0.534. The van der Waals surface area contributed by atoms with E-state index < -0.39 is 0 Å². The average Bonchev–Trinajstić information content (AvgIpc) is 2.66. The van der Waals surface area contributed by atoms with E-state index in [-0.39, 0.29) is 24.3 Å². The lowest BCUT2D eigenvalue weighted by Crippen LogP contribution is -2.25. The number of ether oxygens (including phenoxy) is 3. The minimum Gasteiger partial charge on any atom is -0.462 e. The largest absolute Gasteiger partial charge is 0.462 e. The summed E-state index contributed by atoms with van der Waals surface area (Å²) in [4.78, 5) is 10.5. The van der Waals surface area contributed by atoms with Crippen molar-refractivity contribution in [1.82, 2.24) is 0 Å². The molecule has 0 unspecified atom stereocenters. The SMILES string of the molecule is CC(=O)OC/C=C/[C@@H]1C[C@@H]2OCC=C[C@@H]2O1. The summed E-state index contributed by atoms with van der Waals surface area (Å²) in [7, 11) is 0. The Bertz CT molecular complexity index is 308. The first kappa shape index (κ1) is 11.4. The Morgan fingerprint density at radius 3 is 3.25 bits per heavy atom. The van der Waals surface area contributed by atoms with Gasteiger partial charge in [0.15, 0.2) is 0 Å². The van der Waals surface area contributed by atoms with Gasteiger partial charge in [-0.1, -0.05) is 18.2 Å². The van der Waals surface area contributed by atoms with Crippen molar-refractivity contribution >= 4 is 5.97 Å². The van der Waals surface area contributed by atoms with Gasteiger partial charge in [0.1, 0.15) is 12.7 Å². The highest BCUT2D eigenvalue weighted by Crippen LogP contribution is 2.27. The van der Waals surface area contributed by atoms with Crippen molar-refractivity contribution in [2.45, 2.75) is 31.7 Å². The summed E-state index contributed by atoms with van der Waals surface area (Å²) in [5.41, 5.74) is 0. The minimum atomic E-state index is -0.267. The number of hydrogen-bond acceptors (Lipinski definition) is 4. The Morgan fingerprint density at radius 1 is 1.62 bits per heavy atom. The number of hydrogen-bond donors (Lipinski definition) is 0. The molecule has 4 heteroatoms. The van der Waals surface area contributed by atoms with Crippen LogP contribution in [0.5, 0.6) is 0 Å². The molecule has 3 atom stereocenters. The maximum atomic E-state index is 10.5. The maximum absolute atomic E-state index is 10.5. The summed E-state index contributed by atoms with van der Waals surface area (Å²) >= 11 is 0. The zero-order valence-electron chi connectivity index (χ0n) is 9.30. The van der Waals surface area contributed by atoms with Crippen molar-refractivity contribution in [3.8, 4) is 0 Å². The van der Waals surface area contributed by atoms with Gasteiger partial charge in [0, 0.05) is 13.3 Å². The second-order valence-corrected chi connectivity index (χ2v) is 3.91. The minimum absolute atomic E-state index is 0.0632. The number of fused-ring (bicyclic) bond motifs is 1. The van der Waals surface area contributed by atoms with E-state index in [2.05, 4.69) is 0 Å². The maximum Gasteiger partial charge on any atom is 0.302 e. The fraction of sp³-hybridized carbons (Fsp3) is 0.583. The molecule has 1 fully saturated rings. The van der Waals surface area contributed by atoms with Gasteiger partial charge in [-0.2, -0.15) is 0 Å². The van der Waals surface area contributed by atoms with Gasteiger partial charge in [-0.05, 0) is 6.08 Å². The monoisotopic (exact) mass is 224 g/mol. The van der Waals surface area contributed by atoms with E-state index in [0.717, 1.165) is 6.42 Å². The Balaban J connectivity index is 1.76. The third kappa shape index (κ3) is 2.93. The van der Waals surface area contributed by atoms with E-state index in [0.29, 0.717) is 13.2 Å². The first-order valence-electron chi connectivity index (χ1n) is 5.49. The standard InChI is InChI=1S/C12H16O4/c1-9(13)14-6-2-4-10-8-12-11(16-10)5-3-7-15-12/h2-5,10-12H,6-8H2,1H3/b4-2+/t10-,11+,12+/m1/s1. The van der Waals surface area contributed by atoms with Crippen molar-refractivity contribution in [2.75, 3.05) is 13.2 Å². The van der Waals surface area contributed by atoms with Crippen molar-refractivity contribution in [2.24, 2.45) is 0 Å². The molecule has 0 saturated carbocycles. The summed E-state index contributed by atoms with van der Waals surface area (Å²) in [6.45, 7) is 2.38. The van der Waals surface area contributed by atoms with E-state index in [1.165, 1.54) is 6.92 Å². The van der Waals surface area contributed by atoms with Crippen LogP contribution in [0.2, 0.25) is 0 Å². The topological polar surface area (TPSA) is 44.8 Å². The lowest BCUT2D eigenvalue weighted by atomic mass is 10.1. The molecule has 1 saturated heterocycles. The van der Waals surface area contributed by atoms with Crippen LogP contribution in [0, 0.1) is 0 Å². The van der Waals surface area contributed by atoms with Gasteiger partial charge in [0.2, 0.25) is 0 Å². The van der Waals surface area contributed by atoms with Gasteiger partial charge in [-0.25, -0.2) is 0 Å². The second kappa shape index (κ2) is 5.27. The lowest BCUT2D eigenvalue weighted by Gasteiger charge is -2.18. The number of rotatable bonds is 3. The van der Waals surface area contributed by atoms with Crippen molar-refractivity contribution in [3.63, 3.8) is 0 Å². The van der Waals surface area contributed by atoms with E-state index in [9.17, 15) is 4.79 Å². The molecule has 4 nitrogen and oxygen atoms in total. The third-order valence-electron chi connectivity index (χ3n) is 2.63. The Hall–Kier alpha value is -1.13. The molecule has 16 heavy (non-hydrogen) atoms. The average molecular weight is 224 g/mol. The summed E-state index contributed by atoms with van der Waals surface area (Å²) in [5.74, 6) is -0.267. The molecule has 2 rings (SSSR count). The fourth-order valence-corrected chi connectivity index (χ4v) is 1.91. The van der Waals surface area contributed by atoms with Crippen LogP contribution in [0.3, 0.4) is 0 Å². The zero-order valence-corrected chi connectivity index (χ0v) is 9.30. The van der Waals surface area contributed by atoms with Crippen LogP contribution in [-0.2, 0) is 19.0 Å². The fourth-order valence-electron chi connectivity index (χ4n) is 1.91. The molecule has 0 bridgehead atoms. The highest BCUT2D eigenvalue weighted by molar-refractivity contribution is 5.65. The third-order valence-corrected chi connectivity index (χ3v) is 2.63. The highest BCUT2D eigenvalue weighted by atomic mass is 16.6. The number of esters is 1. The van der Waals surface area contributed by atoms with E-state index in [4.69, 9.17) is 14.2 Å². The number of carbonyl (C=O) groups excluding carboxylic acids is 1. The number of carbonyl (C=O) groups is 1. The van der Waals surface area contributed by atoms with Crippen molar-refractivity contribution in [3.05, 3.63) is 24.3 Å². The summed E-state index contributed by atoms with van der Waals surface area (Å²) in [6, 6.07) is 0. The van der Waals surface area contributed by atoms with Gasteiger partial charge in [0.05, 0.1) is 18.8 Å². The molecule has 0 aromatic heterocycles. The molecule has 2 aliphatic heterocycles. The van der Waals surface area contributed by atoms with Crippen LogP contribution in [0.1, 0.15) is 13.3 Å². The van der Waals surface area contributed by atoms with Gasteiger partial charge in [-0.3, -0.25) is 4.79 Å². The van der Waals surface area contributed by atoms with Gasteiger partial charge < -0.3 is 14.2 Å². The first-order valence-corrected chi connectivity index (χ1v) is 5.49. The first-order chi connectivity index (χ1) is 7.75. The van der Waals surface area contributed by atoms with Gasteiger partial charge in [-0.15, -0.1) is 0 Å². The van der Waals surface area contributed by atoms with E-state index >= 15 is 0 Å². The van der Waals surface area contributed by atoms with Crippen LogP contribution in [0.4, 0.5) is 0 Å². The predicted molar refractivity (Wildman–Crippen MR) is 57.9 cm³/mol. The van der Waals surface area contributed by atoms with Gasteiger partial charge >= 0.3 is 5.97 Å². The molecule has 0 spiro atoms. The Labute approximate surface area is 94.9 Å². The normalized spacial score (nSPS) is 32.9. The molecule has 2 aliphatic rings. The van der Waals surface area contributed by atoms with Crippen LogP contribution in [-0.4, -0.2) is 37.5 Å². The molecule has 0 aromatic rings. The van der Waals surface area contributed by atoms with E-state index in [1.54, 1.807) is 0 Å². The van der Waals surface area contributed by atoms with Crippen molar-refractivity contribution < 1.29 is 19.0 Å². The molecule has 0 N–H and O–H groups in total. The van der Waals surface area contributed by atoms with Crippen LogP contribution in [0.15, 0.2) is 24.3 Å². The summed E-state index contributed by atoms with van der Waals surface area (Å²) in [5, 5.41) is 0. The Kier molecular flexibility index (Phi) is 3.74. The summed E-state index contributed by atoms with van der Waals surface area (Å²) in [6.07, 6.45) is 8.95. The molecule has 2 heterocycles. The molecule has 88 valence electrons. The lowest BCUT2D eigenvalue weighted by molar-refractivity contribution is -0.139. The molecule has 0 aromatic carbocycles. The van der Waals surface area contributed by atoms with Crippen molar-refractivity contribution in [1.29, 1.82) is 0 Å². The molecule has 0 radical (unpaired) electrons. The highest BCUT2D eigenvalue weighted by Gasteiger charge is 2.34. The molecular weight excluding hydrogens is 208 g/mol. The van der Waals surface area contributed by atoms with Crippen LogP contribution < -0.4 is 0 Å². The smallest absolute Gasteiger partial charge is 0.302 e. The Morgan fingerprint density at radius 2 is 2.50 bits per heavy atom. The summed E-state index contributed by atoms with van der Waals surface area (Å²) < 4.78 is 16.1. The molecule has 0 amide bonds. The second-order valence-electron chi connectivity index (χ2n) is 3.91. The van der Waals surface area contributed by atoms with Crippen LogP contribution in [0.25, 0.3) is 0 Å². The van der Waals surface area contributed by atoms with E-state index in [1.807, 2.05) is 24.3 Å². The van der Waals surface area contributed by atoms with Crippen LogP contribution >= 0.6 is 0 Å². The predicted octanol–water partition coefficient (Wildman–Crippen LogP) is 1.22.